The van der Waals surface area contributed by atoms with Gasteiger partial charge in [-0.3, -0.25) is 4.79 Å². The fourth-order valence-corrected chi connectivity index (χ4v) is 3.94. The van der Waals surface area contributed by atoms with E-state index in [4.69, 9.17) is 4.74 Å². The van der Waals surface area contributed by atoms with E-state index in [1.807, 2.05) is 61.5 Å². The van der Waals surface area contributed by atoms with E-state index in [1.165, 1.54) is 49.4 Å². The average Bonchev–Trinajstić information content (AvgIpc) is 3.09. The van der Waals surface area contributed by atoms with Crippen LogP contribution in [0.3, 0.4) is 0 Å². The third kappa shape index (κ3) is 7.06. The number of thioether (sulfide) groups is 1. The quantitative estimate of drug-likeness (QED) is 0.345. The van der Waals surface area contributed by atoms with Gasteiger partial charge in [-0.05, 0) is 61.0 Å². The lowest BCUT2D eigenvalue weighted by Gasteiger charge is -2.06. The van der Waals surface area contributed by atoms with Gasteiger partial charge in [-0.2, -0.15) is 0 Å². The molecule has 0 aromatic heterocycles. The van der Waals surface area contributed by atoms with E-state index in [2.05, 4.69) is 17.2 Å². The Labute approximate surface area is 183 Å². The van der Waals surface area contributed by atoms with Crippen molar-refractivity contribution in [3.05, 3.63) is 64.6 Å². The molecular formula is C25H30N2O2S. The molecule has 1 aliphatic heterocycles. The summed E-state index contributed by atoms with van der Waals surface area (Å²) in [5, 5.41) is 3.44. The van der Waals surface area contributed by atoms with Gasteiger partial charge in [0.15, 0.2) is 5.17 Å². The normalized spacial score (nSPS) is 16.3. The van der Waals surface area contributed by atoms with Crippen molar-refractivity contribution in [2.75, 3.05) is 6.61 Å². The molecule has 2 aromatic carbocycles. The van der Waals surface area contributed by atoms with Crippen LogP contribution in [0.4, 0.5) is 5.69 Å². The summed E-state index contributed by atoms with van der Waals surface area (Å²) in [7, 11) is 0. The zero-order valence-corrected chi connectivity index (χ0v) is 18.6. The van der Waals surface area contributed by atoms with Crippen molar-refractivity contribution in [3.63, 3.8) is 0 Å². The van der Waals surface area contributed by atoms with Crippen molar-refractivity contribution in [1.82, 2.24) is 5.32 Å². The average molecular weight is 423 g/mol. The van der Waals surface area contributed by atoms with Gasteiger partial charge >= 0.3 is 0 Å². The number of aliphatic imine (C=N–C) groups is 1. The summed E-state index contributed by atoms with van der Waals surface area (Å²) in [5.74, 6) is 0.755. The summed E-state index contributed by atoms with van der Waals surface area (Å²) < 4.78 is 5.83. The second-order valence-electron chi connectivity index (χ2n) is 7.50. The predicted molar refractivity (Wildman–Crippen MR) is 127 cm³/mol. The molecule has 1 amide bonds. The van der Waals surface area contributed by atoms with Crippen LogP contribution in [0.1, 0.15) is 56.6 Å². The van der Waals surface area contributed by atoms with E-state index in [0.29, 0.717) is 10.1 Å². The van der Waals surface area contributed by atoms with Crippen LogP contribution in [0.25, 0.3) is 6.08 Å². The minimum Gasteiger partial charge on any atom is -0.494 e. The fourth-order valence-electron chi connectivity index (χ4n) is 3.10. The number of nitrogens with zero attached hydrogens (tertiary/aromatic N) is 1. The van der Waals surface area contributed by atoms with Gasteiger partial charge in [0.25, 0.3) is 5.91 Å². The molecule has 0 aliphatic carbocycles. The summed E-state index contributed by atoms with van der Waals surface area (Å²) in [4.78, 5) is 17.4. The molecule has 1 N–H and O–H groups in total. The highest BCUT2D eigenvalue weighted by molar-refractivity contribution is 8.18. The second kappa shape index (κ2) is 11.6. The Morgan fingerprint density at radius 3 is 2.40 bits per heavy atom. The highest BCUT2D eigenvalue weighted by Gasteiger charge is 2.23. The van der Waals surface area contributed by atoms with Crippen molar-refractivity contribution < 1.29 is 9.53 Å². The monoisotopic (exact) mass is 422 g/mol. The SMILES string of the molecule is CCCCCCCCOc1ccc(/C=C2/SC(=Nc3ccc(C)cc3)NC2=O)cc1. The maximum Gasteiger partial charge on any atom is 0.264 e. The predicted octanol–water partition coefficient (Wildman–Crippen LogP) is 6.63. The molecule has 0 atom stereocenters. The molecular weight excluding hydrogens is 392 g/mol. The number of carbonyl (C=O) groups excluding carboxylic acids is 1. The zero-order chi connectivity index (χ0) is 21.2. The number of amides is 1. The Balaban J connectivity index is 1.50. The maximum atomic E-state index is 12.3. The summed E-state index contributed by atoms with van der Waals surface area (Å²) in [5.41, 5.74) is 2.98. The van der Waals surface area contributed by atoms with Crippen molar-refractivity contribution in [3.8, 4) is 5.75 Å². The third-order valence-corrected chi connectivity index (χ3v) is 5.77. The molecule has 30 heavy (non-hydrogen) atoms. The number of hydrogen-bond donors (Lipinski definition) is 1. The van der Waals surface area contributed by atoms with Gasteiger partial charge in [0.05, 0.1) is 17.2 Å². The molecule has 4 nitrogen and oxygen atoms in total. The van der Waals surface area contributed by atoms with Gasteiger partial charge in [-0.1, -0.05) is 68.9 Å². The Morgan fingerprint density at radius 2 is 1.67 bits per heavy atom. The summed E-state index contributed by atoms with van der Waals surface area (Å²) in [6, 6.07) is 15.8. The smallest absolute Gasteiger partial charge is 0.264 e. The van der Waals surface area contributed by atoms with Gasteiger partial charge in [0, 0.05) is 0 Å². The van der Waals surface area contributed by atoms with Crippen LogP contribution >= 0.6 is 11.8 Å². The first kappa shape index (κ1) is 22.2. The second-order valence-corrected chi connectivity index (χ2v) is 8.53. The number of ether oxygens (including phenoxy) is 1. The molecule has 0 spiro atoms. The van der Waals surface area contributed by atoms with Crippen LogP contribution in [0.15, 0.2) is 58.4 Å². The molecule has 1 heterocycles. The van der Waals surface area contributed by atoms with Gasteiger partial charge in [0.2, 0.25) is 0 Å². The fraction of sp³-hybridized carbons (Fsp3) is 0.360. The van der Waals surface area contributed by atoms with Crippen molar-refractivity contribution in [2.24, 2.45) is 4.99 Å². The molecule has 0 radical (unpaired) electrons. The molecule has 158 valence electrons. The minimum absolute atomic E-state index is 0.116. The molecule has 1 saturated heterocycles. The molecule has 0 unspecified atom stereocenters. The first-order valence-corrected chi connectivity index (χ1v) is 11.5. The maximum absolute atomic E-state index is 12.3. The largest absolute Gasteiger partial charge is 0.494 e. The van der Waals surface area contributed by atoms with Crippen LogP contribution in [-0.4, -0.2) is 17.7 Å². The number of carbonyl (C=O) groups is 1. The molecule has 5 heteroatoms. The van der Waals surface area contributed by atoms with E-state index in [9.17, 15) is 4.79 Å². The number of aryl methyl sites for hydroxylation is 1. The first-order valence-electron chi connectivity index (χ1n) is 10.7. The van der Waals surface area contributed by atoms with Crippen molar-refractivity contribution in [2.45, 2.75) is 52.4 Å². The summed E-state index contributed by atoms with van der Waals surface area (Å²) in [6.07, 6.45) is 9.42. The van der Waals surface area contributed by atoms with Crippen LogP contribution < -0.4 is 10.1 Å². The number of rotatable bonds is 10. The van der Waals surface area contributed by atoms with Gasteiger partial charge in [-0.25, -0.2) is 4.99 Å². The van der Waals surface area contributed by atoms with Crippen molar-refractivity contribution in [1.29, 1.82) is 0 Å². The molecule has 3 rings (SSSR count). The Hall–Kier alpha value is -2.53. The van der Waals surface area contributed by atoms with Crippen LogP contribution in [0.2, 0.25) is 0 Å². The molecule has 2 aromatic rings. The van der Waals surface area contributed by atoms with Gasteiger partial charge < -0.3 is 10.1 Å². The lowest BCUT2D eigenvalue weighted by molar-refractivity contribution is -0.115. The molecule has 1 aliphatic rings. The number of amidine groups is 1. The number of unbranched alkanes of at least 4 members (excludes halogenated alkanes) is 5. The summed E-state index contributed by atoms with van der Waals surface area (Å²) in [6.45, 7) is 5.02. The first-order chi connectivity index (χ1) is 14.6. The third-order valence-electron chi connectivity index (χ3n) is 4.86. The summed E-state index contributed by atoms with van der Waals surface area (Å²) >= 11 is 1.36. The number of hydrogen-bond acceptors (Lipinski definition) is 4. The highest BCUT2D eigenvalue weighted by atomic mass is 32.2. The lowest BCUT2D eigenvalue weighted by atomic mass is 10.1. The van der Waals surface area contributed by atoms with Gasteiger partial charge in [-0.15, -0.1) is 0 Å². The van der Waals surface area contributed by atoms with E-state index < -0.39 is 0 Å². The topological polar surface area (TPSA) is 50.7 Å². The van der Waals surface area contributed by atoms with E-state index in [0.717, 1.165) is 30.0 Å². The minimum atomic E-state index is -0.116. The zero-order valence-electron chi connectivity index (χ0n) is 17.8. The van der Waals surface area contributed by atoms with E-state index in [1.54, 1.807) is 0 Å². The molecule has 1 fully saturated rings. The van der Waals surface area contributed by atoms with Crippen molar-refractivity contribution >= 4 is 34.6 Å². The van der Waals surface area contributed by atoms with Crippen LogP contribution in [0, 0.1) is 6.92 Å². The van der Waals surface area contributed by atoms with E-state index in [-0.39, 0.29) is 5.91 Å². The van der Waals surface area contributed by atoms with E-state index >= 15 is 0 Å². The van der Waals surface area contributed by atoms with Crippen LogP contribution in [0.5, 0.6) is 5.75 Å². The number of benzene rings is 2. The molecule has 0 bridgehead atoms. The number of nitrogens with one attached hydrogen (secondary N) is 1. The molecule has 0 saturated carbocycles. The standard InChI is InChI=1S/C25H30N2O2S/c1-3-4-5-6-7-8-17-29-22-15-11-20(12-16-22)18-23-24(28)27-25(30-23)26-21-13-9-19(2)10-14-21/h9-16,18H,3-8,17H2,1-2H3,(H,26,27,28)/b23-18+. The van der Waals surface area contributed by atoms with Gasteiger partial charge in [0.1, 0.15) is 5.75 Å². The Kier molecular flexibility index (Phi) is 8.57. The van der Waals surface area contributed by atoms with Crippen LogP contribution in [-0.2, 0) is 4.79 Å². The highest BCUT2D eigenvalue weighted by Crippen LogP contribution is 2.28. The lowest BCUT2D eigenvalue weighted by Crippen LogP contribution is -2.19. The Bertz CT molecular complexity index is 886. The Morgan fingerprint density at radius 1 is 0.967 bits per heavy atom.